The molecule has 0 aliphatic heterocycles. The van der Waals surface area contributed by atoms with Crippen LogP contribution in [0, 0.1) is 0 Å². The summed E-state index contributed by atoms with van der Waals surface area (Å²) in [4.78, 5) is 20.3. The van der Waals surface area contributed by atoms with Gasteiger partial charge < -0.3 is 5.32 Å². The molecule has 0 unspecified atom stereocenters. The van der Waals surface area contributed by atoms with Crippen LogP contribution in [-0.2, 0) is 11.2 Å². The molecule has 0 fully saturated rings. The van der Waals surface area contributed by atoms with Gasteiger partial charge in [0.15, 0.2) is 11.0 Å². The number of carbonyl (C=O) groups is 1. The Hall–Kier alpha value is -2.38. The molecule has 1 aromatic carbocycles. The van der Waals surface area contributed by atoms with Crippen molar-refractivity contribution in [2.45, 2.75) is 18.5 Å². The van der Waals surface area contributed by atoms with E-state index in [0.717, 1.165) is 12.0 Å². The molecule has 0 atom stereocenters. The van der Waals surface area contributed by atoms with E-state index in [1.54, 1.807) is 18.3 Å². The number of amides is 1. The first-order chi connectivity index (χ1) is 12.2. The van der Waals surface area contributed by atoms with Crippen molar-refractivity contribution in [3.05, 3.63) is 53.3 Å². The van der Waals surface area contributed by atoms with Crippen molar-refractivity contribution in [1.29, 1.82) is 0 Å². The monoisotopic (exact) mass is 373 g/mol. The number of nitrogens with zero attached hydrogens (tertiary/aromatic N) is 3. The minimum atomic E-state index is -0.196. The van der Waals surface area contributed by atoms with E-state index in [1.165, 1.54) is 17.3 Å². The van der Waals surface area contributed by atoms with Crippen molar-refractivity contribution in [3.8, 4) is 11.4 Å². The molecule has 0 aliphatic carbocycles. The fourth-order valence-electron chi connectivity index (χ4n) is 2.13. The number of carbonyl (C=O) groups excluding carboxylic acids is 1. The normalized spacial score (nSPS) is 10.6. The van der Waals surface area contributed by atoms with Gasteiger partial charge in [0.25, 0.3) is 0 Å². The van der Waals surface area contributed by atoms with Gasteiger partial charge in [-0.25, -0.2) is 9.97 Å². The molecule has 2 N–H and O–H groups in total. The number of nitrogens with one attached hydrogen (secondary N) is 2. The Kier molecular flexibility index (Phi) is 5.67. The number of thioether (sulfide) groups is 1. The van der Waals surface area contributed by atoms with Crippen molar-refractivity contribution in [2.75, 3.05) is 11.1 Å². The molecule has 0 aliphatic rings. The third-order valence-corrected chi connectivity index (χ3v) is 4.61. The summed E-state index contributed by atoms with van der Waals surface area (Å²) in [6, 6.07) is 11.5. The molecule has 3 rings (SSSR count). The second-order valence-corrected chi connectivity index (χ2v) is 6.50. The lowest BCUT2D eigenvalue weighted by molar-refractivity contribution is -0.113. The summed E-state index contributed by atoms with van der Waals surface area (Å²) in [6.07, 6.45) is 2.56. The minimum absolute atomic E-state index is 0.178. The number of anilines is 1. The van der Waals surface area contributed by atoms with E-state index in [-0.39, 0.29) is 16.8 Å². The van der Waals surface area contributed by atoms with Crippen LogP contribution in [0.4, 0.5) is 5.69 Å². The van der Waals surface area contributed by atoms with Gasteiger partial charge in [0.1, 0.15) is 0 Å². The van der Waals surface area contributed by atoms with Crippen LogP contribution in [-0.4, -0.2) is 31.8 Å². The van der Waals surface area contributed by atoms with Gasteiger partial charge in [0, 0.05) is 11.8 Å². The number of H-pyrrole nitrogens is 1. The molecule has 0 saturated heterocycles. The van der Waals surface area contributed by atoms with E-state index in [0.29, 0.717) is 16.7 Å². The fourth-order valence-corrected chi connectivity index (χ4v) is 2.90. The summed E-state index contributed by atoms with van der Waals surface area (Å²) in [5.41, 5.74) is 2.72. The molecule has 0 saturated carbocycles. The van der Waals surface area contributed by atoms with Gasteiger partial charge >= 0.3 is 0 Å². The molecule has 2 heterocycles. The van der Waals surface area contributed by atoms with Gasteiger partial charge in [-0.1, -0.05) is 54.6 Å². The van der Waals surface area contributed by atoms with E-state index in [1.807, 2.05) is 12.1 Å². The highest BCUT2D eigenvalue weighted by Crippen LogP contribution is 2.21. The van der Waals surface area contributed by atoms with E-state index in [4.69, 9.17) is 11.6 Å². The van der Waals surface area contributed by atoms with Gasteiger partial charge in [-0.2, -0.15) is 0 Å². The summed E-state index contributed by atoms with van der Waals surface area (Å²) >= 11 is 7.16. The van der Waals surface area contributed by atoms with Crippen molar-refractivity contribution < 1.29 is 4.79 Å². The quantitative estimate of drug-likeness (QED) is 0.507. The standard InChI is InChI=1S/C17H16ClN5OS/c1-2-11-5-7-12(8-6-11)16-21-17(23-22-16)25-10-14(24)20-13-4-3-9-19-15(13)18/h3-9H,2,10H2,1H3,(H,20,24)(H,21,22,23). The second-order valence-electron chi connectivity index (χ2n) is 5.20. The van der Waals surface area contributed by atoms with E-state index in [9.17, 15) is 4.79 Å². The third-order valence-electron chi connectivity index (χ3n) is 3.47. The fraction of sp³-hybridized carbons (Fsp3) is 0.176. The SMILES string of the molecule is CCc1ccc(-c2nc(SCC(=O)Nc3cccnc3Cl)n[nH]2)cc1. The zero-order valence-electron chi connectivity index (χ0n) is 13.5. The number of hydrogen-bond acceptors (Lipinski definition) is 5. The molecule has 0 bridgehead atoms. The number of aromatic amines is 1. The maximum atomic E-state index is 12.0. The maximum absolute atomic E-state index is 12.0. The lowest BCUT2D eigenvalue weighted by atomic mass is 10.1. The van der Waals surface area contributed by atoms with Crippen LogP contribution in [0.3, 0.4) is 0 Å². The molecule has 0 radical (unpaired) electrons. The van der Waals surface area contributed by atoms with Crippen molar-refractivity contribution in [2.24, 2.45) is 0 Å². The molecule has 2 aromatic heterocycles. The van der Waals surface area contributed by atoms with Crippen LogP contribution in [0.15, 0.2) is 47.8 Å². The number of rotatable bonds is 6. The van der Waals surface area contributed by atoms with Crippen molar-refractivity contribution >= 4 is 35.0 Å². The third kappa shape index (κ3) is 4.58. The first-order valence-electron chi connectivity index (χ1n) is 7.70. The summed E-state index contributed by atoms with van der Waals surface area (Å²) < 4.78 is 0. The second kappa shape index (κ2) is 8.13. The number of halogens is 1. The molecular formula is C17H16ClN5OS. The van der Waals surface area contributed by atoms with Gasteiger partial charge in [-0.3, -0.25) is 9.89 Å². The van der Waals surface area contributed by atoms with Gasteiger partial charge in [0.2, 0.25) is 11.1 Å². The van der Waals surface area contributed by atoms with Crippen LogP contribution in [0.2, 0.25) is 5.15 Å². The minimum Gasteiger partial charge on any atom is -0.323 e. The van der Waals surface area contributed by atoms with Crippen LogP contribution in [0.25, 0.3) is 11.4 Å². The van der Waals surface area contributed by atoms with Gasteiger partial charge in [-0.05, 0) is 24.1 Å². The van der Waals surface area contributed by atoms with E-state index >= 15 is 0 Å². The number of benzene rings is 1. The Balaban J connectivity index is 1.58. The highest BCUT2D eigenvalue weighted by Gasteiger charge is 2.10. The van der Waals surface area contributed by atoms with Crippen molar-refractivity contribution in [1.82, 2.24) is 20.2 Å². The predicted molar refractivity (Wildman–Crippen MR) is 99.8 cm³/mol. The van der Waals surface area contributed by atoms with E-state index < -0.39 is 0 Å². The highest BCUT2D eigenvalue weighted by atomic mass is 35.5. The predicted octanol–water partition coefficient (Wildman–Crippen LogP) is 3.81. The Morgan fingerprint density at radius 3 is 2.80 bits per heavy atom. The van der Waals surface area contributed by atoms with Gasteiger partial charge in [-0.15, -0.1) is 5.10 Å². The Labute approximate surface area is 154 Å². The molecule has 1 amide bonds. The van der Waals surface area contributed by atoms with E-state index in [2.05, 4.69) is 44.5 Å². The molecule has 8 heteroatoms. The molecule has 25 heavy (non-hydrogen) atoms. The number of pyridine rings is 1. The topological polar surface area (TPSA) is 83.6 Å². The van der Waals surface area contributed by atoms with Crippen LogP contribution >= 0.6 is 23.4 Å². The Morgan fingerprint density at radius 1 is 1.28 bits per heavy atom. The number of hydrogen-bond donors (Lipinski definition) is 2. The number of aryl methyl sites for hydroxylation is 1. The van der Waals surface area contributed by atoms with Crippen LogP contribution in [0.5, 0.6) is 0 Å². The van der Waals surface area contributed by atoms with Gasteiger partial charge in [0.05, 0.1) is 11.4 Å². The average molecular weight is 374 g/mol. The van der Waals surface area contributed by atoms with Crippen molar-refractivity contribution in [3.63, 3.8) is 0 Å². The smallest absolute Gasteiger partial charge is 0.234 e. The summed E-state index contributed by atoms with van der Waals surface area (Å²) in [5, 5.41) is 10.5. The molecule has 3 aromatic rings. The summed E-state index contributed by atoms with van der Waals surface area (Å²) in [6.45, 7) is 2.11. The summed E-state index contributed by atoms with van der Waals surface area (Å²) in [5.74, 6) is 0.663. The Bertz CT molecular complexity index is 865. The lowest BCUT2D eigenvalue weighted by Crippen LogP contribution is -2.14. The zero-order chi connectivity index (χ0) is 17.6. The molecule has 0 spiro atoms. The lowest BCUT2D eigenvalue weighted by Gasteiger charge is -2.04. The molecule has 128 valence electrons. The number of aromatic nitrogens is 4. The largest absolute Gasteiger partial charge is 0.323 e. The maximum Gasteiger partial charge on any atom is 0.234 e. The first-order valence-corrected chi connectivity index (χ1v) is 9.07. The van der Waals surface area contributed by atoms with Crippen LogP contribution in [0.1, 0.15) is 12.5 Å². The molecular weight excluding hydrogens is 358 g/mol. The Morgan fingerprint density at radius 2 is 2.08 bits per heavy atom. The zero-order valence-corrected chi connectivity index (χ0v) is 15.1. The highest BCUT2D eigenvalue weighted by molar-refractivity contribution is 7.99. The summed E-state index contributed by atoms with van der Waals surface area (Å²) in [7, 11) is 0. The first kappa shape index (κ1) is 17.4. The van der Waals surface area contributed by atoms with Crippen LogP contribution < -0.4 is 5.32 Å². The average Bonchev–Trinajstić information content (AvgIpc) is 3.11. The molecule has 6 nitrogen and oxygen atoms in total.